The number of furan rings is 8. The molecule has 0 aliphatic rings. The summed E-state index contributed by atoms with van der Waals surface area (Å²) in [5.41, 5.74) is 28.4. The average molecular weight is 1780 g/mol. The van der Waals surface area contributed by atoms with Crippen LogP contribution in [0.3, 0.4) is 0 Å². The van der Waals surface area contributed by atoms with Gasteiger partial charge in [-0.15, -0.1) is 0 Å². The molecule has 18 aromatic carbocycles. The Labute approximate surface area is 726 Å². The summed E-state index contributed by atoms with van der Waals surface area (Å²) in [4.78, 5) is 0. The Bertz CT molecular complexity index is 8140. The van der Waals surface area contributed by atoms with Crippen LogP contribution in [0.2, 0.25) is 0 Å². The minimum Gasteiger partial charge on any atom is -0.456 e. The molecular formula is C109H64BBr3O10. The lowest BCUT2D eigenvalue weighted by atomic mass is 9.80. The van der Waals surface area contributed by atoms with Crippen molar-refractivity contribution in [1.82, 2.24) is 0 Å². The molecule has 0 saturated carbocycles. The highest BCUT2D eigenvalue weighted by Gasteiger charge is 2.25. The lowest BCUT2D eigenvalue weighted by Crippen LogP contribution is -2.29. The highest BCUT2D eigenvalue weighted by atomic mass is 79.9. The van der Waals surface area contributed by atoms with Crippen molar-refractivity contribution in [3.63, 3.8) is 0 Å². The van der Waals surface area contributed by atoms with Crippen LogP contribution in [0.1, 0.15) is 7.43 Å². The van der Waals surface area contributed by atoms with Gasteiger partial charge in [0.05, 0.1) is 21.5 Å². The van der Waals surface area contributed by atoms with E-state index in [0.29, 0.717) is 16.6 Å². The second-order valence-corrected chi connectivity index (χ2v) is 33.8. The van der Waals surface area contributed by atoms with E-state index in [1.165, 1.54) is 0 Å². The van der Waals surface area contributed by atoms with Gasteiger partial charge in [0.25, 0.3) is 0 Å². The second kappa shape index (κ2) is 29.3. The maximum Gasteiger partial charge on any atom is 0.488 e. The van der Waals surface area contributed by atoms with Crippen molar-refractivity contribution in [2.75, 3.05) is 0 Å². The molecule has 584 valence electrons. The van der Waals surface area contributed by atoms with Crippen molar-refractivity contribution in [2.45, 2.75) is 7.43 Å². The summed E-state index contributed by atoms with van der Waals surface area (Å²) < 4.78 is 55.6. The molecule has 123 heavy (non-hydrogen) atoms. The second-order valence-electron chi connectivity index (χ2n) is 31.0. The Morgan fingerprint density at radius 1 is 0.171 bits per heavy atom. The van der Waals surface area contributed by atoms with Crippen LogP contribution in [0.5, 0.6) is 0 Å². The predicted octanol–water partition coefficient (Wildman–Crippen LogP) is 32.5. The molecule has 0 spiro atoms. The summed E-state index contributed by atoms with van der Waals surface area (Å²) in [5.74, 6) is 0. The molecule has 26 aromatic rings. The van der Waals surface area contributed by atoms with Crippen LogP contribution < -0.4 is 5.46 Å². The summed E-state index contributed by atoms with van der Waals surface area (Å²) >= 11 is 10.1. The monoisotopic (exact) mass is 1780 g/mol. The van der Waals surface area contributed by atoms with Gasteiger partial charge in [-0.3, -0.25) is 0 Å². The van der Waals surface area contributed by atoms with E-state index in [4.69, 9.17) is 35.3 Å². The summed E-state index contributed by atoms with van der Waals surface area (Å²) in [6, 6.07) is 121. The predicted molar refractivity (Wildman–Crippen MR) is 515 cm³/mol. The molecule has 2 N–H and O–H groups in total. The van der Waals surface area contributed by atoms with Gasteiger partial charge in [0.2, 0.25) is 0 Å². The molecule has 0 aliphatic carbocycles. The van der Waals surface area contributed by atoms with E-state index in [-0.39, 0.29) is 7.43 Å². The molecule has 0 amide bonds. The van der Waals surface area contributed by atoms with Gasteiger partial charge in [0.15, 0.2) is 0 Å². The maximum atomic E-state index is 9.56. The summed E-state index contributed by atoms with van der Waals surface area (Å²) in [6.45, 7) is 0. The molecule has 0 radical (unpaired) electrons. The molecule has 0 atom stereocenters. The zero-order valence-electron chi connectivity index (χ0n) is 64.4. The normalized spacial score (nSPS) is 11.9. The average Bonchev–Trinajstić information content (AvgIpc) is 1.59. The van der Waals surface area contributed by atoms with Crippen molar-refractivity contribution >= 4 is 236 Å². The fourth-order valence-corrected chi connectivity index (χ4v) is 20.4. The first kappa shape index (κ1) is 73.9. The van der Waals surface area contributed by atoms with Crippen LogP contribution in [-0.4, -0.2) is 17.2 Å². The van der Waals surface area contributed by atoms with Gasteiger partial charge < -0.3 is 45.4 Å². The van der Waals surface area contributed by atoms with E-state index in [1.807, 2.05) is 72.8 Å². The summed E-state index contributed by atoms with van der Waals surface area (Å²) in [7, 11) is -1.53. The number of hydrogen-bond acceptors (Lipinski definition) is 10. The molecule has 14 heteroatoms. The first-order valence-corrected chi connectivity index (χ1v) is 42.4. The van der Waals surface area contributed by atoms with Crippen LogP contribution in [-0.2, 0) is 0 Å². The number of rotatable bonds is 8. The Hall–Kier alpha value is -14.2. The summed E-state index contributed by atoms with van der Waals surface area (Å²) in [5, 5.41) is 35.0. The standard InChI is InChI=1S/C78H42O6.C24H15BO4.C6H3Br3.CH4/c1-4-10-43(11-5-1)46-16-25-64-58(37-46)55-22-31-70-73(76(55)82-64)61-40-49(19-28-67(61)79-70)52-34-53(50-20-29-68-62(41-50)74-71(80-68)32-23-56-59-38-47(44-12-6-2-7-13-44)17-26-65(59)83-77(56)74)36-54(35-52)51-21-30-69-63(42-51)75-72(81-69)33-24-57-60-39-48(45-14-8-3-9-15-45)18-27-66(60)84-78(57)75;26-25(27)16-7-10-21-19(13-16)23-22(28-21)11-8-17-18-12-15(14-4-2-1-3-5-14)6-9-20(18)29-24(17)23;7-4-1-5(8)3-6(9)2-4;/h1-42H;1-13,26-27H;1-3H;1H4. The molecule has 8 heterocycles. The fourth-order valence-electron chi connectivity index (χ4n) is 18.0. The fraction of sp³-hybridized carbons (Fsp3) is 0.00917. The van der Waals surface area contributed by atoms with E-state index < -0.39 is 7.12 Å². The van der Waals surface area contributed by atoms with Gasteiger partial charge in [0, 0.05) is 78.1 Å². The molecular weight excluding hydrogens is 1720 g/mol. The zero-order chi connectivity index (χ0) is 81.1. The maximum absolute atomic E-state index is 9.56. The minimum atomic E-state index is -1.53. The highest BCUT2D eigenvalue weighted by molar-refractivity contribution is 9.11. The van der Waals surface area contributed by atoms with E-state index in [2.05, 4.69) is 309 Å². The van der Waals surface area contributed by atoms with Gasteiger partial charge in [0.1, 0.15) is 89.3 Å². The van der Waals surface area contributed by atoms with Gasteiger partial charge in [-0.1, -0.05) is 231 Å². The Kier molecular flexibility index (Phi) is 17.6. The minimum absolute atomic E-state index is 0. The Balaban J connectivity index is 0.000000185. The Morgan fingerprint density at radius 3 is 0.634 bits per heavy atom. The smallest absolute Gasteiger partial charge is 0.456 e. The Morgan fingerprint density at radius 2 is 0.382 bits per heavy atom. The molecule has 26 rings (SSSR count). The molecule has 0 saturated heterocycles. The number of benzene rings is 18. The molecule has 0 bridgehead atoms. The van der Waals surface area contributed by atoms with Gasteiger partial charge in [-0.25, -0.2) is 0 Å². The SMILES string of the molecule is Brc1cc(Br)cc(Br)c1.C.OB(O)c1ccc2oc3ccc4c5cc(-c6ccccc6)ccc5oc4c3c2c1.c1ccc(-c2ccc3oc4c(ccc5oc6ccc(-c7cc(-c8ccc9oc%10ccc%11c%12cc(-c%13ccccc%13)ccc%12oc%11c%10c9c8)cc(-c8ccc9oc%10ccc%11c%12cc(-c%13ccccc%13)ccc%12oc%11c%10c9c8)c7)cc6c54)c3c2)cc1. The largest absolute Gasteiger partial charge is 0.488 e. The van der Waals surface area contributed by atoms with E-state index >= 15 is 0 Å². The molecule has 0 aliphatic heterocycles. The molecule has 0 unspecified atom stereocenters. The van der Waals surface area contributed by atoms with E-state index in [0.717, 1.165) is 256 Å². The first-order valence-electron chi connectivity index (χ1n) is 40.0. The number of halogens is 3. The topological polar surface area (TPSA) is 146 Å². The third-order valence-corrected chi connectivity index (χ3v) is 25.2. The number of hydrogen-bond donors (Lipinski definition) is 2. The molecule has 10 nitrogen and oxygen atoms in total. The van der Waals surface area contributed by atoms with Crippen molar-refractivity contribution in [1.29, 1.82) is 0 Å². The quantitative estimate of drug-likeness (QED) is 0.141. The molecule has 0 fully saturated rings. The van der Waals surface area contributed by atoms with Crippen molar-refractivity contribution in [3.8, 4) is 77.9 Å². The highest BCUT2D eigenvalue weighted by Crippen LogP contribution is 2.49. The third kappa shape index (κ3) is 12.6. The zero-order valence-corrected chi connectivity index (χ0v) is 69.1. The van der Waals surface area contributed by atoms with Gasteiger partial charge in [-0.05, 0) is 259 Å². The van der Waals surface area contributed by atoms with Crippen LogP contribution in [0.15, 0.2) is 401 Å². The van der Waals surface area contributed by atoms with Crippen LogP contribution in [0, 0.1) is 0 Å². The van der Waals surface area contributed by atoms with Crippen LogP contribution >= 0.6 is 47.8 Å². The molecule has 8 aromatic heterocycles. The van der Waals surface area contributed by atoms with Crippen molar-refractivity contribution in [3.05, 3.63) is 365 Å². The van der Waals surface area contributed by atoms with E-state index in [9.17, 15) is 10.0 Å². The lowest BCUT2D eigenvalue weighted by molar-refractivity contribution is 0.426. The van der Waals surface area contributed by atoms with Crippen molar-refractivity contribution in [2.24, 2.45) is 0 Å². The van der Waals surface area contributed by atoms with Gasteiger partial charge in [-0.2, -0.15) is 0 Å². The summed E-state index contributed by atoms with van der Waals surface area (Å²) in [6.07, 6.45) is 0. The van der Waals surface area contributed by atoms with Gasteiger partial charge >= 0.3 is 7.12 Å². The number of fused-ring (bicyclic) bond motifs is 28. The lowest BCUT2D eigenvalue weighted by Gasteiger charge is -2.12. The van der Waals surface area contributed by atoms with Crippen LogP contribution in [0.25, 0.3) is 253 Å². The van der Waals surface area contributed by atoms with Crippen LogP contribution in [0.4, 0.5) is 0 Å². The van der Waals surface area contributed by atoms with E-state index in [1.54, 1.807) is 18.2 Å². The first-order chi connectivity index (χ1) is 59.9. The van der Waals surface area contributed by atoms with Crippen molar-refractivity contribution < 1.29 is 45.4 Å². The third-order valence-electron chi connectivity index (χ3n) is 23.8.